The second-order valence-corrected chi connectivity index (χ2v) is 2.81. The minimum absolute atomic E-state index is 0. The summed E-state index contributed by atoms with van der Waals surface area (Å²) in [6.45, 7) is 0. The summed E-state index contributed by atoms with van der Waals surface area (Å²) >= 11 is 0. The highest BCUT2D eigenvalue weighted by Gasteiger charge is 2.86. The normalized spacial score (nSPS) is 14.5. The first-order valence-corrected chi connectivity index (χ1v) is 3.34. The van der Waals surface area contributed by atoms with Gasteiger partial charge in [0.05, 0.1) is 0 Å². The Morgan fingerprint density at radius 1 is 0.421 bits per heavy atom. The molecule has 0 saturated heterocycles. The van der Waals surface area contributed by atoms with Crippen LogP contribution in [0.2, 0.25) is 0 Å². The van der Waals surface area contributed by atoms with Crippen LogP contribution in [0.3, 0.4) is 0 Å². The van der Waals surface area contributed by atoms with Crippen molar-refractivity contribution < 1.29 is 63.5 Å². The van der Waals surface area contributed by atoms with Crippen molar-refractivity contribution in [1.29, 1.82) is 0 Å². The number of hydrogen-bond donors (Lipinski definition) is 2. The highest BCUT2D eigenvalue weighted by molar-refractivity contribution is 5.03. The highest BCUT2D eigenvalue weighted by atomic mass is 19.4. The zero-order chi connectivity index (χ0) is 14.5. The van der Waals surface area contributed by atoms with E-state index in [0.717, 1.165) is 0 Å². The van der Waals surface area contributed by atoms with E-state index in [1.807, 2.05) is 0 Å². The van der Waals surface area contributed by atoms with Gasteiger partial charge in [-0.25, -0.2) is 0 Å². The van der Waals surface area contributed by atoms with Gasteiger partial charge in [-0.05, 0) is 0 Å². The fourth-order valence-corrected chi connectivity index (χ4v) is 0.575. The van der Waals surface area contributed by atoms with Crippen LogP contribution >= 0.6 is 0 Å². The van der Waals surface area contributed by atoms with E-state index in [9.17, 15) is 43.9 Å². The number of alkyl halides is 10. The van der Waals surface area contributed by atoms with Gasteiger partial charge in [0.2, 0.25) is 0 Å². The topological polar surface area (TPSA) is 40.5 Å². The zero-order valence-electron chi connectivity index (χ0n) is 7.99. The SMILES string of the molecule is F.F.OC(F)(F)C(F)(F)C(F)(F)C(F)(F)C(O)(F)F. The largest absolute Gasteiger partial charge is 0.423 e. The molecule has 0 atom stereocenters. The smallest absolute Gasteiger partial charge is 0.331 e. The van der Waals surface area contributed by atoms with E-state index >= 15 is 0 Å². The predicted octanol–water partition coefficient (Wildman–Crippen LogP) is 2.37. The van der Waals surface area contributed by atoms with Crippen molar-refractivity contribution in [3.8, 4) is 0 Å². The lowest BCUT2D eigenvalue weighted by molar-refractivity contribution is -0.460. The summed E-state index contributed by atoms with van der Waals surface area (Å²) < 4.78 is 119. The number of aliphatic hydroxyl groups is 2. The van der Waals surface area contributed by atoms with Crippen LogP contribution in [0.5, 0.6) is 0 Å². The van der Waals surface area contributed by atoms with Crippen LogP contribution < -0.4 is 0 Å². The molecule has 0 aliphatic carbocycles. The third-order valence-corrected chi connectivity index (χ3v) is 1.54. The molecule has 0 unspecified atom stereocenters. The van der Waals surface area contributed by atoms with Crippen molar-refractivity contribution in [2.45, 2.75) is 30.0 Å². The van der Waals surface area contributed by atoms with Crippen LogP contribution in [0.1, 0.15) is 0 Å². The summed E-state index contributed by atoms with van der Waals surface area (Å²) in [7, 11) is 0. The van der Waals surface area contributed by atoms with Crippen LogP contribution in [0, 0.1) is 0 Å². The summed E-state index contributed by atoms with van der Waals surface area (Å²) in [6.07, 6.45) is -13.4. The highest BCUT2D eigenvalue weighted by Crippen LogP contribution is 2.55. The van der Waals surface area contributed by atoms with E-state index in [1.54, 1.807) is 0 Å². The number of halogens is 12. The van der Waals surface area contributed by atoms with Crippen molar-refractivity contribution in [3.63, 3.8) is 0 Å². The Morgan fingerprint density at radius 3 is 0.684 bits per heavy atom. The summed E-state index contributed by atoms with van der Waals surface area (Å²) in [5.41, 5.74) is 0. The van der Waals surface area contributed by atoms with Crippen LogP contribution in [0.15, 0.2) is 0 Å². The Balaban J connectivity index is -0.00000128. The lowest BCUT2D eigenvalue weighted by Gasteiger charge is -2.35. The van der Waals surface area contributed by atoms with Crippen molar-refractivity contribution >= 4 is 0 Å². The van der Waals surface area contributed by atoms with Crippen molar-refractivity contribution in [1.82, 2.24) is 0 Å². The molecule has 0 spiro atoms. The van der Waals surface area contributed by atoms with Gasteiger partial charge in [-0.1, -0.05) is 0 Å². The van der Waals surface area contributed by atoms with Gasteiger partial charge in [-0.2, -0.15) is 43.9 Å². The van der Waals surface area contributed by atoms with Crippen LogP contribution in [0.25, 0.3) is 0 Å². The quantitative estimate of drug-likeness (QED) is 0.780. The second-order valence-electron chi connectivity index (χ2n) is 2.81. The van der Waals surface area contributed by atoms with E-state index in [2.05, 4.69) is 0 Å². The summed E-state index contributed by atoms with van der Waals surface area (Å²) in [5.74, 6) is -21.9. The van der Waals surface area contributed by atoms with Crippen molar-refractivity contribution in [2.24, 2.45) is 0 Å². The third-order valence-electron chi connectivity index (χ3n) is 1.54. The Bertz CT molecular complexity index is 259. The Morgan fingerprint density at radius 2 is 0.579 bits per heavy atom. The lowest BCUT2D eigenvalue weighted by atomic mass is 10.0. The van der Waals surface area contributed by atoms with Gasteiger partial charge in [0.15, 0.2) is 0 Å². The molecule has 0 aliphatic rings. The van der Waals surface area contributed by atoms with Gasteiger partial charge in [0.1, 0.15) is 0 Å². The van der Waals surface area contributed by atoms with Gasteiger partial charge in [-0.3, -0.25) is 9.41 Å². The molecule has 0 aliphatic heterocycles. The molecular formula is C5H4F12O2. The van der Waals surface area contributed by atoms with Gasteiger partial charge in [0, 0.05) is 0 Å². The first-order valence-electron chi connectivity index (χ1n) is 3.34. The molecule has 120 valence electrons. The Kier molecular flexibility index (Phi) is 6.38. The first-order chi connectivity index (χ1) is 7.00. The minimum Gasteiger partial charge on any atom is -0.331 e. The van der Waals surface area contributed by atoms with E-state index < -0.39 is 30.0 Å². The van der Waals surface area contributed by atoms with E-state index in [4.69, 9.17) is 10.2 Å². The van der Waals surface area contributed by atoms with E-state index in [0.29, 0.717) is 0 Å². The summed E-state index contributed by atoms with van der Waals surface area (Å²) in [5, 5.41) is 14.6. The van der Waals surface area contributed by atoms with E-state index in [-0.39, 0.29) is 9.41 Å². The molecule has 0 saturated carbocycles. The van der Waals surface area contributed by atoms with Crippen molar-refractivity contribution in [3.05, 3.63) is 0 Å². The fourth-order valence-electron chi connectivity index (χ4n) is 0.575. The molecule has 2 nitrogen and oxygen atoms in total. The molecule has 19 heavy (non-hydrogen) atoms. The molecule has 0 aromatic heterocycles. The molecular weight excluding hydrogens is 320 g/mol. The fraction of sp³-hybridized carbons (Fsp3) is 1.00. The Labute approximate surface area is 94.9 Å². The first kappa shape index (κ1) is 23.2. The minimum atomic E-state index is -7.41. The average Bonchev–Trinajstić information content (AvgIpc) is 1.98. The van der Waals surface area contributed by atoms with Gasteiger partial charge in [-0.15, -0.1) is 0 Å². The van der Waals surface area contributed by atoms with Crippen LogP contribution in [-0.4, -0.2) is 40.2 Å². The van der Waals surface area contributed by atoms with E-state index in [1.165, 1.54) is 0 Å². The molecule has 0 rings (SSSR count). The molecule has 14 heteroatoms. The molecule has 0 aromatic carbocycles. The molecule has 0 radical (unpaired) electrons. The standard InChI is InChI=1S/C5H2F10O2.2FH/c6-1(7,2(8,9)4(12,13)16)3(10,11)5(14,15)17;;/h16-17H;2*1H. The van der Waals surface area contributed by atoms with Gasteiger partial charge < -0.3 is 10.2 Å². The molecule has 0 heterocycles. The third kappa shape index (κ3) is 3.16. The zero-order valence-corrected chi connectivity index (χ0v) is 7.99. The lowest BCUT2D eigenvalue weighted by Crippen LogP contribution is -2.67. The Hall–Kier alpha value is -0.920. The maximum atomic E-state index is 12.2. The molecule has 2 N–H and O–H groups in total. The van der Waals surface area contributed by atoms with Gasteiger partial charge >= 0.3 is 30.0 Å². The summed E-state index contributed by atoms with van der Waals surface area (Å²) in [6, 6.07) is 0. The van der Waals surface area contributed by atoms with Crippen molar-refractivity contribution in [2.75, 3.05) is 0 Å². The predicted molar refractivity (Wildman–Crippen MR) is 34.2 cm³/mol. The number of rotatable bonds is 4. The van der Waals surface area contributed by atoms with Crippen LogP contribution in [-0.2, 0) is 0 Å². The molecule has 0 fully saturated rings. The maximum absolute atomic E-state index is 12.2. The maximum Gasteiger partial charge on any atom is 0.423 e. The molecule has 0 amide bonds. The van der Waals surface area contributed by atoms with Crippen LogP contribution in [0.4, 0.5) is 53.3 Å². The van der Waals surface area contributed by atoms with Gasteiger partial charge in [0.25, 0.3) is 0 Å². The molecule has 0 bridgehead atoms. The monoisotopic (exact) mass is 324 g/mol. The number of hydrogen-bond acceptors (Lipinski definition) is 2. The molecule has 0 aromatic rings. The second kappa shape index (κ2) is 5.22. The average molecular weight is 324 g/mol. The summed E-state index contributed by atoms with van der Waals surface area (Å²) in [4.78, 5) is 0.